The van der Waals surface area contributed by atoms with Crippen molar-refractivity contribution in [1.82, 2.24) is 0 Å². The first-order valence-corrected chi connectivity index (χ1v) is 7.96. The molecule has 0 fully saturated rings. The summed E-state index contributed by atoms with van der Waals surface area (Å²) in [5.41, 5.74) is 0.996. The van der Waals surface area contributed by atoms with Crippen LogP contribution in [0.3, 0.4) is 0 Å². The highest BCUT2D eigenvalue weighted by Gasteiger charge is 2.35. The third-order valence-corrected chi connectivity index (χ3v) is 4.11. The second kappa shape index (κ2) is 7.35. The van der Waals surface area contributed by atoms with Crippen LogP contribution in [0.25, 0.3) is 0 Å². The van der Waals surface area contributed by atoms with Crippen molar-refractivity contribution in [2.45, 2.75) is 6.10 Å². The Kier molecular flexibility index (Phi) is 4.97. The maximum absolute atomic E-state index is 13.1. The highest BCUT2D eigenvalue weighted by Crippen LogP contribution is 2.35. The van der Waals surface area contributed by atoms with Crippen LogP contribution in [0.5, 0.6) is 17.2 Å². The van der Waals surface area contributed by atoms with Crippen molar-refractivity contribution in [1.29, 1.82) is 0 Å². The summed E-state index contributed by atoms with van der Waals surface area (Å²) in [5.74, 6) is 0.603. The van der Waals surface area contributed by atoms with E-state index in [-0.39, 0.29) is 12.5 Å². The third-order valence-electron chi connectivity index (χ3n) is 4.11. The number of para-hydroxylation sites is 2. The number of anilines is 1. The maximum Gasteiger partial charge on any atom is 0.348 e. The van der Waals surface area contributed by atoms with Crippen molar-refractivity contribution in [3.8, 4) is 17.2 Å². The number of carbonyl (C=O) groups is 2. The molecule has 0 aromatic heterocycles. The summed E-state index contributed by atoms with van der Waals surface area (Å²) in [7, 11) is 4.31. The molecule has 0 spiro atoms. The Morgan fingerprint density at radius 1 is 1.04 bits per heavy atom. The van der Waals surface area contributed by atoms with Crippen LogP contribution in [0.1, 0.15) is 10.4 Å². The van der Waals surface area contributed by atoms with E-state index in [1.54, 1.807) is 42.5 Å². The molecule has 26 heavy (non-hydrogen) atoms. The predicted molar refractivity (Wildman–Crippen MR) is 94.1 cm³/mol. The molecule has 1 amide bonds. The van der Waals surface area contributed by atoms with E-state index in [2.05, 4.69) is 0 Å². The maximum atomic E-state index is 13.1. The van der Waals surface area contributed by atoms with Crippen molar-refractivity contribution in [2.75, 3.05) is 32.8 Å². The highest BCUT2D eigenvalue weighted by molar-refractivity contribution is 6.08. The summed E-state index contributed by atoms with van der Waals surface area (Å²) >= 11 is 0. The van der Waals surface area contributed by atoms with Gasteiger partial charge in [-0.05, 0) is 30.3 Å². The zero-order chi connectivity index (χ0) is 18.7. The molecule has 0 aliphatic carbocycles. The molecule has 0 unspecified atom stereocenters. The van der Waals surface area contributed by atoms with Crippen molar-refractivity contribution >= 4 is 17.6 Å². The minimum atomic E-state index is -0.890. The lowest BCUT2D eigenvalue weighted by Gasteiger charge is -2.33. The molecule has 0 saturated heterocycles. The van der Waals surface area contributed by atoms with E-state index >= 15 is 0 Å². The Hall–Kier alpha value is -3.22. The Morgan fingerprint density at radius 2 is 1.77 bits per heavy atom. The second-order valence-corrected chi connectivity index (χ2v) is 5.58. The summed E-state index contributed by atoms with van der Waals surface area (Å²) in [6.07, 6.45) is -0.890. The van der Waals surface area contributed by atoms with Gasteiger partial charge in [0.05, 0.1) is 33.6 Å². The number of carbonyl (C=O) groups excluding carboxylic acids is 2. The lowest BCUT2D eigenvalue weighted by Crippen LogP contribution is -2.47. The molecule has 1 aliphatic rings. The third kappa shape index (κ3) is 3.15. The molecule has 3 rings (SSSR count). The number of nitrogens with zero attached hydrogens (tertiary/aromatic N) is 1. The summed E-state index contributed by atoms with van der Waals surface area (Å²) in [6.45, 7) is 0.0524. The average molecular weight is 357 g/mol. The van der Waals surface area contributed by atoms with Crippen LogP contribution < -0.4 is 19.1 Å². The van der Waals surface area contributed by atoms with Gasteiger partial charge >= 0.3 is 5.97 Å². The molecule has 7 heteroatoms. The molecule has 1 heterocycles. The zero-order valence-electron chi connectivity index (χ0n) is 14.7. The lowest BCUT2D eigenvalue weighted by atomic mass is 10.1. The van der Waals surface area contributed by atoms with Crippen LogP contribution in [0.15, 0.2) is 42.5 Å². The van der Waals surface area contributed by atoms with E-state index in [0.717, 1.165) is 0 Å². The van der Waals surface area contributed by atoms with Gasteiger partial charge in [-0.1, -0.05) is 12.1 Å². The molecule has 0 N–H and O–H groups in total. The second-order valence-electron chi connectivity index (χ2n) is 5.58. The Balaban J connectivity index is 1.98. The van der Waals surface area contributed by atoms with Crippen LogP contribution in [0, 0.1) is 0 Å². The van der Waals surface area contributed by atoms with Gasteiger partial charge in [-0.3, -0.25) is 4.79 Å². The van der Waals surface area contributed by atoms with Gasteiger partial charge in [0, 0.05) is 5.56 Å². The van der Waals surface area contributed by atoms with Gasteiger partial charge < -0.3 is 23.8 Å². The number of ether oxygens (including phenoxy) is 4. The molecule has 1 atom stereocenters. The van der Waals surface area contributed by atoms with E-state index in [1.807, 2.05) is 0 Å². The number of rotatable bonds is 4. The molecule has 7 nitrogen and oxygen atoms in total. The molecule has 2 aromatic carbocycles. The van der Waals surface area contributed by atoms with E-state index < -0.39 is 12.1 Å². The first-order chi connectivity index (χ1) is 12.6. The van der Waals surface area contributed by atoms with Crippen molar-refractivity contribution in [3.05, 3.63) is 48.0 Å². The fourth-order valence-electron chi connectivity index (χ4n) is 2.81. The van der Waals surface area contributed by atoms with Crippen LogP contribution in [-0.2, 0) is 9.53 Å². The van der Waals surface area contributed by atoms with Gasteiger partial charge in [0.15, 0.2) is 11.5 Å². The van der Waals surface area contributed by atoms with Crippen LogP contribution in [-0.4, -0.2) is 45.9 Å². The minimum absolute atomic E-state index is 0.0524. The summed E-state index contributed by atoms with van der Waals surface area (Å²) in [4.78, 5) is 26.6. The minimum Gasteiger partial charge on any atom is -0.493 e. The smallest absolute Gasteiger partial charge is 0.348 e. The fraction of sp³-hybridized carbons (Fsp3) is 0.263. The van der Waals surface area contributed by atoms with Crippen LogP contribution in [0.4, 0.5) is 5.69 Å². The van der Waals surface area contributed by atoms with Gasteiger partial charge in [0.2, 0.25) is 6.10 Å². The molecule has 2 aromatic rings. The van der Waals surface area contributed by atoms with Crippen molar-refractivity contribution in [3.63, 3.8) is 0 Å². The Bertz CT molecular complexity index is 835. The highest BCUT2D eigenvalue weighted by atomic mass is 16.6. The topological polar surface area (TPSA) is 74.3 Å². The predicted octanol–water partition coefficient (Wildman–Crippen LogP) is 2.28. The van der Waals surface area contributed by atoms with E-state index in [0.29, 0.717) is 28.5 Å². The molecular formula is C19H19NO6. The van der Waals surface area contributed by atoms with Crippen LogP contribution in [0.2, 0.25) is 0 Å². The SMILES string of the molecule is COC(=O)[C@@H]1CN(C(=O)c2ccc(OC)c(OC)c2)c2ccccc2O1. The van der Waals surface area contributed by atoms with E-state index in [4.69, 9.17) is 18.9 Å². The quantitative estimate of drug-likeness (QED) is 0.782. The number of amides is 1. The fourth-order valence-corrected chi connectivity index (χ4v) is 2.81. The zero-order valence-corrected chi connectivity index (χ0v) is 14.7. The largest absolute Gasteiger partial charge is 0.493 e. The summed E-state index contributed by atoms with van der Waals surface area (Å²) in [6, 6.07) is 12.0. The van der Waals surface area contributed by atoms with E-state index in [9.17, 15) is 9.59 Å². The Labute approximate surface area is 151 Å². The lowest BCUT2D eigenvalue weighted by molar-refractivity contribution is -0.148. The van der Waals surface area contributed by atoms with E-state index in [1.165, 1.54) is 26.2 Å². The number of hydrogen-bond acceptors (Lipinski definition) is 6. The number of hydrogen-bond donors (Lipinski definition) is 0. The van der Waals surface area contributed by atoms with Crippen molar-refractivity contribution < 1.29 is 28.5 Å². The number of esters is 1. The number of methoxy groups -OCH3 is 3. The van der Waals surface area contributed by atoms with Crippen molar-refractivity contribution in [2.24, 2.45) is 0 Å². The molecular weight excluding hydrogens is 338 g/mol. The molecule has 0 saturated carbocycles. The summed E-state index contributed by atoms with van der Waals surface area (Å²) in [5, 5.41) is 0. The van der Waals surface area contributed by atoms with Gasteiger partial charge in [-0.15, -0.1) is 0 Å². The van der Waals surface area contributed by atoms with Gasteiger partial charge in [-0.25, -0.2) is 4.79 Å². The van der Waals surface area contributed by atoms with Gasteiger partial charge in [0.25, 0.3) is 5.91 Å². The van der Waals surface area contributed by atoms with Crippen LogP contribution >= 0.6 is 0 Å². The monoisotopic (exact) mass is 357 g/mol. The first-order valence-electron chi connectivity index (χ1n) is 7.96. The molecule has 0 radical (unpaired) electrons. The molecule has 136 valence electrons. The standard InChI is InChI=1S/C19H19NO6/c1-23-15-9-8-12(10-16(15)24-2)18(21)20-11-17(19(22)25-3)26-14-7-5-4-6-13(14)20/h4-10,17H,11H2,1-3H3/t17-/m0/s1. The average Bonchev–Trinajstić information content (AvgIpc) is 2.71. The Morgan fingerprint density at radius 3 is 2.46 bits per heavy atom. The normalized spacial score (nSPS) is 15.5. The molecule has 0 bridgehead atoms. The number of benzene rings is 2. The van der Waals surface area contributed by atoms with Gasteiger partial charge in [0.1, 0.15) is 5.75 Å². The number of fused-ring (bicyclic) bond motifs is 1. The first kappa shape index (κ1) is 17.6. The van der Waals surface area contributed by atoms with Gasteiger partial charge in [-0.2, -0.15) is 0 Å². The molecule has 1 aliphatic heterocycles. The summed E-state index contributed by atoms with van der Waals surface area (Å²) < 4.78 is 20.9.